The molecule has 0 amide bonds. The third-order valence-electron chi connectivity index (χ3n) is 3.51. The predicted molar refractivity (Wildman–Crippen MR) is 59.6 cm³/mol. The Morgan fingerprint density at radius 1 is 1.33 bits per heavy atom. The normalized spacial score (nSPS) is 20.1. The van der Waals surface area contributed by atoms with Gasteiger partial charge in [-0.2, -0.15) is 4.57 Å². The van der Waals surface area contributed by atoms with Crippen LogP contribution in [0.2, 0.25) is 0 Å². The maximum absolute atomic E-state index is 4.65. The van der Waals surface area contributed by atoms with E-state index in [4.69, 9.17) is 0 Å². The molecule has 15 heavy (non-hydrogen) atoms. The third kappa shape index (κ3) is 1.41. The molecule has 0 N–H and O–H groups in total. The van der Waals surface area contributed by atoms with Gasteiger partial charge in [-0.05, 0) is 19.3 Å². The third-order valence-corrected chi connectivity index (χ3v) is 3.51. The van der Waals surface area contributed by atoms with Crippen molar-refractivity contribution in [3.05, 3.63) is 17.7 Å². The van der Waals surface area contributed by atoms with E-state index >= 15 is 0 Å². The molecule has 1 saturated heterocycles. The minimum Gasteiger partial charge on any atom is -0.265 e. The number of nitrogens with zero attached hydrogens (tertiary/aromatic N) is 3. The number of rotatable bonds is 1. The smallest absolute Gasteiger partial charge is 0.258 e. The van der Waals surface area contributed by atoms with Gasteiger partial charge in [-0.1, -0.05) is 6.92 Å². The first kappa shape index (κ1) is 9.13. The summed E-state index contributed by atoms with van der Waals surface area (Å²) in [6, 6.07) is 0. The molecule has 0 aliphatic carbocycles. The minimum atomic E-state index is 1.05. The van der Waals surface area contributed by atoms with Crippen molar-refractivity contribution in [2.24, 2.45) is 0 Å². The second kappa shape index (κ2) is 3.47. The fourth-order valence-corrected chi connectivity index (χ4v) is 2.67. The Labute approximate surface area is 90.4 Å². The van der Waals surface area contributed by atoms with Crippen LogP contribution in [-0.4, -0.2) is 33.1 Å². The van der Waals surface area contributed by atoms with Crippen molar-refractivity contribution in [1.29, 1.82) is 0 Å². The van der Waals surface area contributed by atoms with Gasteiger partial charge in [0.2, 0.25) is 5.82 Å². The second-order valence-corrected chi connectivity index (χ2v) is 4.48. The van der Waals surface area contributed by atoms with E-state index in [9.17, 15) is 0 Å². The summed E-state index contributed by atoms with van der Waals surface area (Å²) in [5.41, 5.74) is 1.24. The Hall–Kier alpha value is -1.12. The Morgan fingerprint density at radius 2 is 2.13 bits per heavy atom. The van der Waals surface area contributed by atoms with Crippen LogP contribution in [0.3, 0.4) is 0 Å². The summed E-state index contributed by atoms with van der Waals surface area (Å²) in [7, 11) is 0. The molecule has 1 aromatic rings. The summed E-state index contributed by atoms with van der Waals surface area (Å²) in [5, 5.41) is 0. The second-order valence-electron chi connectivity index (χ2n) is 4.48. The number of aromatic nitrogens is 2. The van der Waals surface area contributed by atoms with E-state index in [1.54, 1.807) is 0 Å². The lowest BCUT2D eigenvalue weighted by molar-refractivity contribution is -0.508. The zero-order valence-electron chi connectivity index (χ0n) is 9.37. The summed E-state index contributed by atoms with van der Waals surface area (Å²) >= 11 is 0. The van der Waals surface area contributed by atoms with Crippen LogP contribution < -0.4 is 0 Å². The quantitative estimate of drug-likeness (QED) is 0.634. The van der Waals surface area contributed by atoms with E-state index in [0.717, 1.165) is 12.8 Å². The molecule has 0 atom stereocenters. The highest BCUT2D eigenvalue weighted by Crippen LogP contribution is 2.17. The fraction of sp³-hybridized carbons (Fsp3) is 0.667. The van der Waals surface area contributed by atoms with Crippen LogP contribution in [0, 0.1) is 0 Å². The van der Waals surface area contributed by atoms with Crippen LogP contribution in [0.4, 0.5) is 0 Å². The van der Waals surface area contributed by atoms with Gasteiger partial charge >= 0.3 is 0 Å². The highest BCUT2D eigenvalue weighted by atomic mass is 15.2. The first-order chi connectivity index (χ1) is 7.38. The first-order valence-electron chi connectivity index (χ1n) is 6.07. The van der Waals surface area contributed by atoms with Gasteiger partial charge in [0.1, 0.15) is 6.20 Å². The zero-order valence-corrected chi connectivity index (χ0v) is 9.37. The highest BCUT2D eigenvalue weighted by molar-refractivity contribution is 5.83. The molecule has 0 saturated carbocycles. The first-order valence-corrected chi connectivity index (χ1v) is 6.07. The molecule has 1 aromatic heterocycles. The summed E-state index contributed by atoms with van der Waals surface area (Å²) in [5.74, 6) is 2.77. The number of hydrogen-bond donors (Lipinski definition) is 0. The van der Waals surface area contributed by atoms with Crippen molar-refractivity contribution >= 4 is 5.84 Å². The highest BCUT2D eigenvalue weighted by Gasteiger charge is 2.30. The molecule has 3 heteroatoms. The van der Waals surface area contributed by atoms with E-state index in [0.29, 0.717) is 0 Å². The van der Waals surface area contributed by atoms with Crippen molar-refractivity contribution in [1.82, 2.24) is 9.55 Å². The molecular weight excluding hydrogens is 186 g/mol. The Morgan fingerprint density at radius 3 is 2.87 bits per heavy atom. The summed E-state index contributed by atoms with van der Waals surface area (Å²) < 4.78 is 4.88. The standard InChI is InChI=1S/C12H18N3/c1-2-10-9-15-11(13-10)5-6-12(15)14-7-3-4-8-14/h9H,2-8H2,1H3/q+1. The lowest BCUT2D eigenvalue weighted by Gasteiger charge is -2.00. The van der Waals surface area contributed by atoms with E-state index in [1.165, 1.54) is 49.7 Å². The van der Waals surface area contributed by atoms with E-state index in [1.807, 2.05) is 0 Å². The summed E-state index contributed by atoms with van der Waals surface area (Å²) in [6.45, 7) is 4.66. The summed E-state index contributed by atoms with van der Waals surface area (Å²) in [6.07, 6.45) is 8.31. The maximum Gasteiger partial charge on any atom is 0.258 e. The molecule has 0 radical (unpaired) electrons. The molecule has 3 heterocycles. The van der Waals surface area contributed by atoms with Gasteiger partial charge in [0.25, 0.3) is 5.84 Å². The van der Waals surface area contributed by atoms with Gasteiger partial charge in [-0.25, -0.2) is 4.98 Å². The van der Waals surface area contributed by atoms with E-state index in [-0.39, 0.29) is 0 Å². The van der Waals surface area contributed by atoms with Crippen molar-refractivity contribution in [3.8, 4) is 0 Å². The van der Waals surface area contributed by atoms with Crippen LogP contribution >= 0.6 is 0 Å². The maximum atomic E-state index is 4.65. The molecule has 2 aliphatic rings. The van der Waals surface area contributed by atoms with Gasteiger partial charge in [0, 0.05) is 6.42 Å². The Kier molecular flexibility index (Phi) is 2.11. The van der Waals surface area contributed by atoms with Gasteiger partial charge in [-0.15, -0.1) is 0 Å². The van der Waals surface area contributed by atoms with Crippen LogP contribution in [0.5, 0.6) is 0 Å². The topological polar surface area (TPSA) is 20.8 Å². The average molecular weight is 204 g/mol. The fourth-order valence-electron chi connectivity index (χ4n) is 2.67. The largest absolute Gasteiger partial charge is 0.265 e. The SMILES string of the molecule is CCc1cn2c(n1)CCC2=[N+]1CCCC1. The van der Waals surface area contributed by atoms with Crippen molar-refractivity contribution in [3.63, 3.8) is 0 Å². The van der Waals surface area contributed by atoms with Crippen LogP contribution in [-0.2, 0) is 12.8 Å². The van der Waals surface area contributed by atoms with Gasteiger partial charge in [0.15, 0.2) is 0 Å². The molecule has 3 nitrogen and oxygen atoms in total. The zero-order chi connectivity index (χ0) is 10.3. The van der Waals surface area contributed by atoms with E-state index < -0.39 is 0 Å². The molecule has 3 rings (SSSR count). The molecular formula is C12H18N3+. The molecule has 0 bridgehead atoms. The molecule has 80 valence electrons. The van der Waals surface area contributed by atoms with Crippen molar-refractivity contribution in [2.75, 3.05) is 13.1 Å². The van der Waals surface area contributed by atoms with Gasteiger partial charge < -0.3 is 0 Å². The lowest BCUT2D eigenvalue weighted by Crippen LogP contribution is -2.21. The van der Waals surface area contributed by atoms with Crippen LogP contribution in [0.25, 0.3) is 0 Å². The Balaban J connectivity index is 2.02. The van der Waals surface area contributed by atoms with Crippen molar-refractivity contribution in [2.45, 2.75) is 39.0 Å². The molecule has 0 aromatic carbocycles. The van der Waals surface area contributed by atoms with Gasteiger partial charge in [0.05, 0.1) is 25.2 Å². The van der Waals surface area contributed by atoms with Gasteiger partial charge in [-0.3, -0.25) is 4.58 Å². The monoisotopic (exact) mass is 204 g/mol. The van der Waals surface area contributed by atoms with E-state index in [2.05, 4.69) is 27.2 Å². The average Bonchev–Trinajstić information content (AvgIpc) is 2.92. The summed E-state index contributed by atoms with van der Waals surface area (Å²) in [4.78, 5) is 4.65. The number of fused-ring (bicyclic) bond motifs is 1. The van der Waals surface area contributed by atoms with Crippen molar-refractivity contribution < 1.29 is 4.58 Å². The predicted octanol–water partition coefficient (Wildman–Crippen LogP) is 1.44. The molecule has 0 unspecified atom stereocenters. The minimum absolute atomic E-state index is 1.05. The molecule has 1 fully saturated rings. The number of imidazole rings is 1. The van der Waals surface area contributed by atoms with Crippen LogP contribution in [0.1, 0.15) is 37.7 Å². The number of aryl methyl sites for hydroxylation is 2. The molecule has 2 aliphatic heterocycles. The van der Waals surface area contributed by atoms with Crippen LogP contribution in [0.15, 0.2) is 6.20 Å². The molecule has 0 spiro atoms. The Bertz CT molecular complexity index is 407. The number of hydrogen-bond acceptors (Lipinski definition) is 1. The lowest BCUT2D eigenvalue weighted by atomic mass is 10.3.